The van der Waals surface area contributed by atoms with Gasteiger partial charge >= 0.3 is 0 Å². The van der Waals surface area contributed by atoms with Crippen LogP contribution in [-0.2, 0) is 9.53 Å². The van der Waals surface area contributed by atoms with Crippen molar-refractivity contribution < 1.29 is 9.53 Å². The van der Waals surface area contributed by atoms with Crippen molar-refractivity contribution in [3.05, 3.63) is 71.8 Å². The van der Waals surface area contributed by atoms with Gasteiger partial charge < -0.3 is 10.1 Å². The third-order valence-electron chi connectivity index (χ3n) is 4.10. The van der Waals surface area contributed by atoms with Crippen LogP contribution < -0.4 is 5.32 Å². The van der Waals surface area contributed by atoms with E-state index in [0.717, 1.165) is 5.56 Å². The highest BCUT2D eigenvalue weighted by molar-refractivity contribution is 5.82. The predicted octanol–water partition coefficient (Wildman–Crippen LogP) is 3.93. The van der Waals surface area contributed by atoms with Gasteiger partial charge in [0.15, 0.2) is 6.10 Å². The molecule has 2 aromatic carbocycles. The molecule has 0 fully saturated rings. The third kappa shape index (κ3) is 4.67. The molecule has 2 atom stereocenters. The van der Waals surface area contributed by atoms with Crippen LogP contribution >= 0.6 is 0 Å². The fourth-order valence-electron chi connectivity index (χ4n) is 2.76. The van der Waals surface area contributed by atoms with E-state index in [9.17, 15) is 4.79 Å². The van der Waals surface area contributed by atoms with E-state index in [1.165, 1.54) is 5.56 Å². The molecular weight excluding hydrogens is 286 g/mol. The van der Waals surface area contributed by atoms with Gasteiger partial charge in [-0.2, -0.15) is 0 Å². The smallest absolute Gasteiger partial charge is 0.253 e. The Labute approximate surface area is 138 Å². The van der Waals surface area contributed by atoms with E-state index in [4.69, 9.17) is 4.74 Å². The molecule has 2 rings (SSSR count). The highest BCUT2D eigenvalue weighted by Crippen LogP contribution is 2.24. The summed E-state index contributed by atoms with van der Waals surface area (Å²) in [5.41, 5.74) is 2.12. The SMILES string of the molecule is COC(C(=O)NCC(c1ccccc1)C(C)C)c1ccccc1. The van der Waals surface area contributed by atoms with Crippen molar-refractivity contribution in [3.8, 4) is 0 Å². The Hall–Kier alpha value is -2.13. The molecule has 0 aliphatic heterocycles. The molecule has 0 bridgehead atoms. The van der Waals surface area contributed by atoms with Crippen molar-refractivity contribution in [1.29, 1.82) is 0 Å². The first kappa shape index (κ1) is 17.2. The van der Waals surface area contributed by atoms with Gasteiger partial charge in [-0.1, -0.05) is 74.5 Å². The molecule has 1 N–H and O–H groups in total. The molecule has 0 heterocycles. The van der Waals surface area contributed by atoms with Crippen molar-refractivity contribution in [2.24, 2.45) is 5.92 Å². The Morgan fingerprint density at radius 3 is 1.96 bits per heavy atom. The van der Waals surface area contributed by atoms with Crippen LogP contribution in [-0.4, -0.2) is 19.6 Å². The lowest BCUT2D eigenvalue weighted by Gasteiger charge is -2.23. The highest BCUT2D eigenvalue weighted by Gasteiger charge is 2.22. The molecule has 0 spiro atoms. The number of rotatable bonds is 7. The van der Waals surface area contributed by atoms with Crippen molar-refractivity contribution in [3.63, 3.8) is 0 Å². The molecule has 0 saturated carbocycles. The van der Waals surface area contributed by atoms with Gasteiger partial charge in [0, 0.05) is 19.6 Å². The maximum Gasteiger partial charge on any atom is 0.253 e. The largest absolute Gasteiger partial charge is 0.367 e. The zero-order valence-corrected chi connectivity index (χ0v) is 14.0. The number of ether oxygens (including phenoxy) is 1. The zero-order chi connectivity index (χ0) is 16.7. The number of carbonyl (C=O) groups excluding carboxylic acids is 1. The first-order valence-corrected chi connectivity index (χ1v) is 8.04. The molecule has 0 radical (unpaired) electrons. The van der Waals surface area contributed by atoms with Gasteiger partial charge in [-0.25, -0.2) is 0 Å². The van der Waals surface area contributed by atoms with Crippen LogP contribution in [0.15, 0.2) is 60.7 Å². The Morgan fingerprint density at radius 1 is 0.957 bits per heavy atom. The maximum atomic E-state index is 12.5. The number of nitrogens with one attached hydrogen (secondary N) is 1. The number of hydrogen-bond acceptors (Lipinski definition) is 2. The summed E-state index contributed by atoms with van der Waals surface area (Å²) >= 11 is 0. The van der Waals surface area contributed by atoms with Crippen LogP contribution in [0.4, 0.5) is 0 Å². The number of benzene rings is 2. The quantitative estimate of drug-likeness (QED) is 0.841. The molecule has 0 aliphatic rings. The summed E-state index contributed by atoms with van der Waals surface area (Å²) in [5, 5.41) is 3.05. The van der Waals surface area contributed by atoms with Crippen molar-refractivity contribution >= 4 is 5.91 Å². The summed E-state index contributed by atoms with van der Waals surface area (Å²) in [6, 6.07) is 19.9. The third-order valence-corrected chi connectivity index (χ3v) is 4.10. The molecule has 0 saturated heterocycles. The van der Waals surface area contributed by atoms with E-state index < -0.39 is 6.10 Å². The lowest BCUT2D eigenvalue weighted by Crippen LogP contribution is -2.34. The van der Waals surface area contributed by atoms with Crippen LogP contribution in [0.25, 0.3) is 0 Å². The van der Waals surface area contributed by atoms with Crippen LogP contribution in [0.1, 0.15) is 37.0 Å². The maximum absolute atomic E-state index is 12.5. The second-order valence-electron chi connectivity index (χ2n) is 6.03. The monoisotopic (exact) mass is 311 g/mol. The van der Waals surface area contributed by atoms with E-state index in [0.29, 0.717) is 12.5 Å². The van der Waals surface area contributed by atoms with Gasteiger partial charge in [-0.15, -0.1) is 0 Å². The molecule has 3 nitrogen and oxygen atoms in total. The van der Waals surface area contributed by atoms with E-state index in [1.807, 2.05) is 48.5 Å². The molecule has 2 unspecified atom stereocenters. The van der Waals surface area contributed by atoms with E-state index in [1.54, 1.807) is 7.11 Å². The van der Waals surface area contributed by atoms with Crippen LogP contribution in [0.2, 0.25) is 0 Å². The average Bonchev–Trinajstić information content (AvgIpc) is 2.57. The number of hydrogen-bond donors (Lipinski definition) is 1. The van der Waals surface area contributed by atoms with Crippen LogP contribution in [0.3, 0.4) is 0 Å². The van der Waals surface area contributed by atoms with Gasteiger partial charge in [-0.05, 0) is 17.0 Å². The molecule has 1 amide bonds. The first-order valence-electron chi connectivity index (χ1n) is 8.04. The summed E-state index contributed by atoms with van der Waals surface area (Å²) in [5.74, 6) is 0.629. The molecular formula is C20H25NO2. The number of carbonyl (C=O) groups is 1. The first-order chi connectivity index (χ1) is 11.1. The summed E-state index contributed by atoms with van der Waals surface area (Å²) in [6.45, 7) is 4.96. The van der Waals surface area contributed by atoms with Crippen LogP contribution in [0.5, 0.6) is 0 Å². The average molecular weight is 311 g/mol. The molecule has 23 heavy (non-hydrogen) atoms. The zero-order valence-electron chi connectivity index (χ0n) is 14.0. The predicted molar refractivity (Wildman–Crippen MR) is 93.2 cm³/mol. The molecule has 0 aromatic heterocycles. The van der Waals surface area contributed by atoms with Crippen molar-refractivity contribution in [2.45, 2.75) is 25.9 Å². The van der Waals surface area contributed by atoms with E-state index in [-0.39, 0.29) is 11.8 Å². The normalized spacial score (nSPS) is 13.6. The summed E-state index contributed by atoms with van der Waals surface area (Å²) < 4.78 is 5.38. The van der Waals surface area contributed by atoms with Gasteiger partial charge in [0.1, 0.15) is 0 Å². The summed E-state index contributed by atoms with van der Waals surface area (Å²) in [7, 11) is 1.56. The number of methoxy groups -OCH3 is 1. The van der Waals surface area contributed by atoms with Gasteiger partial charge in [0.25, 0.3) is 5.91 Å². The number of amides is 1. The van der Waals surface area contributed by atoms with Gasteiger partial charge in [0.2, 0.25) is 0 Å². The highest BCUT2D eigenvalue weighted by atomic mass is 16.5. The van der Waals surface area contributed by atoms with Gasteiger partial charge in [-0.3, -0.25) is 4.79 Å². The minimum atomic E-state index is -0.570. The summed E-state index contributed by atoms with van der Waals surface area (Å²) in [6.07, 6.45) is -0.570. The fraction of sp³-hybridized carbons (Fsp3) is 0.350. The second kappa shape index (κ2) is 8.49. The Kier molecular flexibility index (Phi) is 6.36. The fourth-order valence-corrected chi connectivity index (χ4v) is 2.76. The van der Waals surface area contributed by atoms with E-state index in [2.05, 4.69) is 31.3 Å². The topological polar surface area (TPSA) is 38.3 Å². The van der Waals surface area contributed by atoms with Crippen LogP contribution in [0, 0.1) is 5.92 Å². The Balaban J connectivity index is 2.04. The molecule has 0 aliphatic carbocycles. The molecule has 3 heteroatoms. The molecule has 2 aromatic rings. The van der Waals surface area contributed by atoms with Crippen molar-refractivity contribution in [2.75, 3.05) is 13.7 Å². The standard InChI is InChI=1S/C20H25NO2/c1-15(2)18(16-10-6-4-7-11-16)14-21-20(22)19(23-3)17-12-8-5-9-13-17/h4-13,15,18-19H,14H2,1-3H3,(H,21,22). The summed E-state index contributed by atoms with van der Waals surface area (Å²) in [4.78, 5) is 12.5. The Bertz CT molecular complexity index is 596. The lowest BCUT2D eigenvalue weighted by atomic mass is 9.88. The Morgan fingerprint density at radius 2 is 1.48 bits per heavy atom. The lowest BCUT2D eigenvalue weighted by molar-refractivity contribution is -0.131. The second-order valence-corrected chi connectivity index (χ2v) is 6.03. The molecule has 122 valence electrons. The van der Waals surface area contributed by atoms with Gasteiger partial charge in [0.05, 0.1) is 0 Å². The minimum Gasteiger partial charge on any atom is -0.367 e. The van der Waals surface area contributed by atoms with Crippen molar-refractivity contribution in [1.82, 2.24) is 5.32 Å². The van der Waals surface area contributed by atoms with E-state index >= 15 is 0 Å². The minimum absolute atomic E-state index is 0.0970.